The van der Waals surface area contributed by atoms with Crippen molar-refractivity contribution in [1.29, 1.82) is 0 Å². The molecule has 0 saturated heterocycles. The van der Waals surface area contributed by atoms with E-state index >= 15 is 0 Å². The summed E-state index contributed by atoms with van der Waals surface area (Å²) < 4.78 is 5.44. The molecule has 24 heavy (non-hydrogen) atoms. The number of phenolic OH excluding ortho intramolecular Hbond substituents is 1. The lowest BCUT2D eigenvalue weighted by Crippen LogP contribution is -2.23. The van der Waals surface area contributed by atoms with Crippen molar-refractivity contribution in [2.24, 2.45) is 4.99 Å². The molecule has 2 rings (SSSR count). The van der Waals surface area contributed by atoms with Crippen molar-refractivity contribution >= 4 is 34.8 Å². The first-order chi connectivity index (χ1) is 11.4. The number of aromatic hydroxyl groups is 1. The van der Waals surface area contributed by atoms with Gasteiger partial charge in [0.05, 0.1) is 11.5 Å². The third kappa shape index (κ3) is 4.26. The molecule has 0 unspecified atom stereocenters. The zero-order valence-corrected chi connectivity index (χ0v) is 14.3. The van der Waals surface area contributed by atoms with Gasteiger partial charge in [-0.05, 0) is 48.9 Å². The van der Waals surface area contributed by atoms with E-state index < -0.39 is 5.91 Å². The number of nitrogens with one attached hydrogen (secondary N) is 1. The number of hydrogen-bond donors (Lipinski definition) is 2. The molecule has 0 aliphatic carbocycles. The normalized spacial score (nSPS) is 15.3. The third-order valence-electron chi connectivity index (χ3n) is 3.04. The number of carbonyl (C=O) groups is 2. The number of hydrogen-bond acceptors (Lipinski definition) is 5. The Morgan fingerprint density at radius 1 is 1.50 bits per heavy atom. The molecule has 0 spiro atoms. The van der Waals surface area contributed by atoms with Crippen molar-refractivity contribution in [3.05, 3.63) is 40.8 Å². The second-order valence-electron chi connectivity index (χ2n) is 4.97. The quantitative estimate of drug-likeness (QED) is 0.632. The molecule has 7 heteroatoms. The molecule has 1 aromatic carbocycles. The van der Waals surface area contributed by atoms with Crippen LogP contribution in [0.1, 0.15) is 25.0 Å². The van der Waals surface area contributed by atoms with Crippen molar-refractivity contribution in [1.82, 2.24) is 5.32 Å². The number of aliphatic imine (C=N–C) groups is 1. The fraction of sp³-hybridized carbons (Fsp3) is 0.235. The number of carbonyl (C=O) groups excluding carboxylic acids is 2. The average Bonchev–Trinajstić information content (AvgIpc) is 2.83. The van der Waals surface area contributed by atoms with Crippen molar-refractivity contribution in [2.45, 2.75) is 20.3 Å². The van der Waals surface area contributed by atoms with Gasteiger partial charge in [-0.1, -0.05) is 6.08 Å². The number of amides is 2. The monoisotopic (exact) mass is 346 g/mol. The van der Waals surface area contributed by atoms with Gasteiger partial charge in [-0.25, -0.2) is 0 Å². The van der Waals surface area contributed by atoms with Gasteiger partial charge < -0.3 is 15.2 Å². The highest BCUT2D eigenvalue weighted by atomic mass is 32.2. The highest BCUT2D eigenvalue weighted by Crippen LogP contribution is 2.35. The summed E-state index contributed by atoms with van der Waals surface area (Å²) in [5, 5.41) is 12.9. The number of nitrogens with zero attached hydrogens (tertiary/aromatic N) is 1. The summed E-state index contributed by atoms with van der Waals surface area (Å²) in [6.07, 6.45) is 3.80. The first-order valence-corrected chi connectivity index (χ1v) is 8.16. The van der Waals surface area contributed by atoms with Crippen molar-refractivity contribution in [2.75, 3.05) is 6.61 Å². The molecular formula is C17H18N2O4S. The lowest BCUT2D eigenvalue weighted by atomic mass is 10.1. The van der Waals surface area contributed by atoms with E-state index in [0.717, 1.165) is 11.8 Å². The number of benzene rings is 1. The standard InChI is InChI=1S/C17H18N2O4S/c1-4-6-12-7-11(8-13(15(12)21)23-5-2)9-14-16(22)19-17(24-14)18-10(3)20/h4,7-9,21H,1,5-6H2,2-3H3,(H,18,19,20,22)/b14-9-. The van der Waals surface area contributed by atoms with Crippen LogP contribution in [0.4, 0.5) is 0 Å². The molecule has 1 heterocycles. The maximum atomic E-state index is 11.9. The summed E-state index contributed by atoms with van der Waals surface area (Å²) in [6.45, 7) is 7.25. The molecule has 0 fully saturated rings. The highest BCUT2D eigenvalue weighted by Gasteiger charge is 2.23. The topological polar surface area (TPSA) is 88.0 Å². The molecule has 0 aromatic heterocycles. The van der Waals surface area contributed by atoms with E-state index in [4.69, 9.17) is 4.74 Å². The van der Waals surface area contributed by atoms with Gasteiger partial charge in [0, 0.05) is 12.5 Å². The fourth-order valence-corrected chi connectivity index (χ4v) is 2.97. The van der Waals surface area contributed by atoms with Crippen LogP contribution in [0.15, 0.2) is 34.7 Å². The second-order valence-corrected chi connectivity index (χ2v) is 6.00. The van der Waals surface area contributed by atoms with E-state index in [1.165, 1.54) is 6.92 Å². The Morgan fingerprint density at radius 2 is 2.25 bits per heavy atom. The summed E-state index contributed by atoms with van der Waals surface area (Å²) in [7, 11) is 0. The predicted molar refractivity (Wildman–Crippen MR) is 95.0 cm³/mol. The van der Waals surface area contributed by atoms with Gasteiger partial charge in [-0.15, -0.1) is 6.58 Å². The molecular weight excluding hydrogens is 328 g/mol. The minimum absolute atomic E-state index is 0.0690. The molecule has 1 aliphatic heterocycles. The van der Waals surface area contributed by atoms with Gasteiger partial charge >= 0.3 is 0 Å². The summed E-state index contributed by atoms with van der Waals surface area (Å²) in [5.41, 5.74) is 1.35. The van der Waals surface area contributed by atoms with E-state index in [9.17, 15) is 14.7 Å². The lowest BCUT2D eigenvalue weighted by molar-refractivity contribution is -0.117. The van der Waals surface area contributed by atoms with E-state index in [0.29, 0.717) is 34.8 Å². The van der Waals surface area contributed by atoms with Gasteiger partial charge in [0.1, 0.15) is 0 Å². The smallest absolute Gasteiger partial charge is 0.286 e. The van der Waals surface area contributed by atoms with Gasteiger partial charge in [0.25, 0.3) is 5.91 Å². The number of thioether (sulfide) groups is 1. The first kappa shape index (κ1) is 17.8. The fourth-order valence-electron chi connectivity index (χ4n) is 2.11. The summed E-state index contributed by atoms with van der Waals surface area (Å²) in [4.78, 5) is 27.2. The molecule has 6 nitrogen and oxygen atoms in total. The number of amidine groups is 1. The number of ether oxygens (including phenoxy) is 1. The van der Waals surface area contributed by atoms with Crippen LogP contribution in [0.25, 0.3) is 6.08 Å². The van der Waals surface area contributed by atoms with E-state index in [1.807, 2.05) is 6.92 Å². The Kier molecular flexibility index (Phi) is 5.81. The maximum Gasteiger partial charge on any atom is 0.286 e. The summed E-state index contributed by atoms with van der Waals surface area (Å²) >= 11 is 1.09. The molecule has 0 saturated carbocycles. The van der Waals surface area contributed by atoms with Crippen LogP contribution in [0.3, 0.4) is 0 Å². The van der Waals surface area contributed by atoms with Crippen LogP contribution >= 0.6 is 11.8 Å². The number of phenols is 1. The summed E-state index contributed by atoms with van der Waals surface area (Å²) in [6, 6.07) is 3.42. The molecule has 1 aromatic rings. The minimum Gasteiger partial charge on any atom is -0.504 e. The van der Waals surface area contributed by atoms with Crippen LogP contribution in [-0.2, 0) is 16.0 Å². The zero-order valence-electron chi connectivity index (χ0n) is 13.5. The second kappa shape index (κ2) is 7.83. The van der Waals surface area contributed by atoms with Gasteiger partial charge in [0.2, 0.25) is 5.91 Å². The Bertz CT molecular complexity index is 753. The first-order valence-electron chi connectivity index (χ1n) is 7.34. The molecule has 0 bridgehead atoms. The van der Waals surface area contributed by atoms with Crippen molar-refractivity contribution < 1.29 is 19.4 Å². The lowest BCUT2D eigenvalue weighted by Gasteiger charge is -2.11. The van der Waals surface area contributed by atoms with Gasteiger partial charge in [-0.2, -0.15) is 4.99 Å². The van der Waals surface area contributed by atoms with Crippen LogP contribution in [-0.4, -0.2) is 28.7 Å². The van der Waals surface area contributed by atoms with Gasteiger partial charge in [-0.3, -0.25) is 9.59 Å². The number of allylic oxidation sites excluding steroid dienone is 1. The van der Waals surface area contributed by atoms with E-state index in [-0.39, 0.29) is 16.8 Å². The Labute approximate surface area is 144 Å². The predicted octanol–water partition coefficient (Wildman–Crippen LogP) is 2.63. The molecule has 2 amide bonds. The SMILES string of the molecule is C=CCc1cc(/C=C2\SC(NC(C)=O)=NC2=O)cc(OCC)c1O. The zero-order chi connectivity index (χ0) is 17.7. The minimum atomic E-state index is -0.417. The van der Waals surface area contributed by atoms with Gasteiger partial charge in [0.15, 0.2) is 16.7 Å². The highest BCUT2D eigenvalue weighted by molar-refractivity contribution is 8.18. The van der Waals surface area contributed by atoms with Crippen molar-refractivity contribution in [3.63, 3.8) is 0 Å². The molecule has 126 valence electrons. The van der Waals surface area contributed by atoms with Crippen LogP contribution in [0, 0.1) is 0 Å². The largest absolute Gasteiger partial charge is 0.504 e. The molecule has 1 aliphatic rings. The molecule has 0 atom stereocenters. The van der Waals surface area contributed by atoms with E-state index in [2.05, 4.69) is 16.9 Å². The van der Waals surface area contributed by atoms with Crippen LogP contribution in [0.2, 0.25) is 0 Å². The summed E-state index contributed by atoms with van der Waals surface area (Å²) in [5.74, 6) is -0.284. The third-order valence-corrected chi connectivity index (χ3v) is 3.94. The number of rotatable bonds is 5. The average molecular weight is 346 g/mol. The van der Waals surface area contributed by atoms with E-state index in [1.54, 1.807) is 24.3 Å². The Morgan fingerprint density at radius 3 is 2.88 bits per heavy atom. The van der Waals surface area contributed by atoms with Crippen molar-refractivity contribution in [3.8, 4) is 11.5 Å². The van der Waals surface area contributed by atoms with Crippen LogP contribution < -0.4 is 10.1 Å². The maximum absolute atomic E-state index is 11.9. The Hall–Kier alpha value is -2.54. The van der Waals surface area contributed by atoms with Crippen LogP contribution in [0.5, 0.6) is 11.5 Å². The Balaban J connectivity index is 2.33. The molecule has 2 N–H and O–H groups in total. The molecule has 0 radical (unpaired) electrons.